The van der Waals surface area contributed by atoms with E-state index in [0.29, 0.717) is 29.3 Å². The van der Waals surface area contributed by atoms with Crippen molar-refractivity contribution in [3.05, 3.63) is 58.8 Å². The van der Waals surface area contributed by atoms with E-state index >= 15 is 0 Å². The first-order chi connectivity index (χ1) is 17.3. The van der Waals surface area contributed by atoms with E-state index in [9.17, 15) is 9.47 Å². The molecule has 9 nitrogen and oxygen atoms in total. The Balaban J connectivity index is 1.44. The van der Waals surface area contributed by atoms with Crippen LogP contribution in [0.25, 0.3) is 0 Å². The van der Waals surface area contributed by atoms with E-state index in [2.05, 4.69) is 60.1 Å². The van der Waals surface area contributed by atoms with Crippen molar-refractivity contribution in [2.45, 2.75) is 18.9 Å². The molecular formula is C25H28N8OS2. The molecule has 0 aliphatic carbocycles. The summed E-state index contributed by atoms with van der Waals surface area (Å²) >= 11 is 2.03. The number of rotatable bonds is 5. The number of nitrogens with one attached hydrogen (secondary N) is 2. The van der Waals surface area contributed by atoms with Crippen LogP contribution in [0.4, 0.5) is 29.1 Å². The lowest BCUT2D eigenvalue weighted by atomic mass is 9.86. The van der Waals surface area contributed by atoms with Gasteiger partial charge in [0.25, 0.3) is 0 Å². The van der Waals surface area contributed by atoms with Crippen molar-refractivity contribution in [3.63, 3.8) is 0 Å². The molecular weight excluding hydrogens is 492 g/mol. The number of nitrogens with zero attached hydrogens (tertiary/aromatic N) is 6. The van der Waals surface area contributed by atoms with Crippen molar-refractivity contribution in [3.8, 4) is 6.07 Å². The minimum Gasteiger partial charge on any atom is -0.324 e. The van der Waals surface area contributed by atoms with E-state index in [-0.39, 0.29) is 5.56 Å². The summed E-state index contributed by atoms with van der Waals surface area (Å²) in [5.74, 6) is 4.38. The number of nitriles is 1. The Morgan fingerprint density at radius 3 is 2.86 bits per heavy atom. The van der Waals surface area contributed by atoms with Gasteiger partial charge < -0.3 is 15.5 Å². The fraction of sp³-hybridized carbons (Fsp3) is 0.360. The van der Waals surface area contributed by atoms with Gasteiger partial charge >= 0.3 is 0 Å². The van der Waals surface area contributed by atoms with Gasteiger partial charge in [-0.1, -0.05) is 6.07 Å². The fourth-order valence-electron chi connectivity index (χ4n) is 4.72. The van der Waals surface area contributed by atoms with Crippen LogP contribution in [0.15, 0.2) is 40.9 Å². The van der Waals surface area contributed by atoms with Gasteiger partial charge in [-0.3, -0.25) is 0 Å². The van der Waals surface area contributed by atoms with Crippen molar-refractivity contribution in [2.75, 3.05) is 48.2 Å². The number of hydrogen-bond donors (Lipinski definition) is 2. The van der Waals surface area contributed by atoms with Crippen molar-refractivity contribution in [1.29, 1.82) is 5.26 Å². The highest BCUT2D eigenvalue weighted by atomic mass is 32.2. The van der Waals surface area contributed by atoms with Crippen LogP contribution >= 0.6 is 11.8 Å². The molecule has 0 saturated heterocycles. The number of benzene rings is 1. The summed E-state index contributed by atoms with van der Waals surface area (Å²) in [6.45, 7) is 2.03. The molecule has 36 heavy (non-hydrogen) atoms. The maximum atomic E-state index is 12.0. The maximum absolute atomic E-state index is 12.0. The summed E-state index contributed by atoms with van der Waals surface area (Å²) in [5.41, 5.74) is 5.51. The quantitative estimate of drug-likeness (QED) is 0.504. The number of aryl methyl sites for hydroxylation is 1. The summed E-state index contributed by atoms with van der Waals surface area (Å²) in [7, 11) is -0.170. The molecule has 4 heterocycles. The lowest BCUT2D eigenvalue weighted by Crippen LogP contribution is -2.32. The third-order valence-corrected chi connectivity index (χ3v) is 7.78. The molecule has 2 aromatic heterocycles. The molecule has 0 saturated carbocycles. The van der Waals surface area contributed by atoms with Crippen molar-refractivity contribution >= 4 is 50.6 Å². The van der Waals surface area contributed by atoms with Gasteiger partial charge in [-0.25, -0.2) is 14.2 Å². The molecule has 0 fully saturated rings. The Hall–Kier alpha value is -3.20. The Morgan fingerprint density at radius 2 is 2.06 bits per heavy atom. The van der Waals surface area contributed by atoms with Crippen molar-refractivity contribution in [2.24, 2.45) is 4.36 Å². The van der Waals surface area contributed by atoms with Crippen molar-refractivity contribution in [1.82, 2.24) is 19.9 Å². The van der Waals surface area contributed by atoms with Crippen LogP contribution in [0.1, 0.15) is 28.2 Å². The van der Waals surface area contributed by atoms with Gasteiger partial charge in [0.1, 0.15) is 17.5 Å². The van der Waals surface area contributed by atoms with Crippen molar-refractivity contribution < 1.29 is 4.21 Å². The van der Waals surface area contributed by atoms with Gasteiger partial charge in [-0.2, -0.15) is 26.4 Å². The molecule has 2 N–H and O–H groups in total. The van der Waals surface area contributed by atoms with E-state index in [1.807, 2.05) is 11.8 Å². The van der Waals surface area contributed by atoms with Crippen LogP contribution in [0.2, 0.25) is 0 Å². The maximum Gasteiger partial charge on any atom is 0.229 e. The van der Waals surface area contributed by atoms with Crippen LogP contribution in [-0.4, -0.2) is 61.7 Å². The Bertz CT molecular complexity index is 1470. The summed E-state index contributed by atoms with van der Waals surface area (Å²) in [5, 5.41) is 16.0. The molecule has 5 rings (SSSR count). The third kappa shape index (κ3) is 5.61. The van der Waals surface area contributed by atoms with Gasteiger partial charge in [0.05, 0.1) is 6.20 Å². The first-order valence-electron chi connectivity index (χ1n) is 11.6. The molecule has 2 aliphatic heterocycles. The minimum absolute atomic E-state index is 0.290. The second-order valence-electron chi connectivity index (χ2n) is 9.40. The van der Waals surface area contributed by atoms with Crippen LogP contribution in [0, 0.1) is 11.3 Å². The normalized spacial score (nSPS) is 17.4. The average Bonchev–Trinajstić information content (AvgIpc) is 3.01. The molecule has 0 spiro atoms. The van der Waals surface area contributed by atoms with Crippen LogP contribution in [-0.2, 0) is 22.7 Å². The topological polar surface area (TPSA) is 119 Å². The lowest BCUT2D eigenvalue weighted by Gasteiger charge is -2.33. The van der Waals surface area contributed by atoms with E-state index in [1.54, 1.807) is 30.7 Å². The number of anilines is 4. The molecule has 186 valence electrons. The predicted octanol–water partition coefficient (Wildman–Crippen LogP) is 4.41. The number of likely N-dealkylation sites (N-methyl/N-ethyl adjacent to an activating group) is 1. The lowest BCUT2D eigenvalue weighted by molar-refractivity contribution is 0.289. The summed E-state index contributed by atoms with van der Waals surface area (Å²) in [6, 6.07) is 11.7. The first-order valence-corrected chi connectivity index (χ1v) is 15.1. The van der Waals surface area contributed by atoms with Gasteiger partial charge in [-0.05, 0) is 60.2 Å². The molecule has 2 aliphatic rings. The largest absolute Gasteiger partial charge is 0.324 e. The monoisotopic (exact) mass is 520 g/mol. The molecule has 0 radical (unpaired) electrons. The third-order valence-electron chi connectivity index (χ3n) is 6.03. The van der Waals surface area contributed by atoms with E-state index < -0.39 is 9.73 Å². The Labute approximate surface area is 215 Å². The molecule has 1 unspecified atom stereocenters. The minimum atomic E-state index is -2.35. The second-order valence-corrected chi connectivity index (χ2v) is 13.1. The molecule has 0 bridgehead atoms. The smallest absolute Gasteiger partial charge is 0.229 e. The van der Waals surface area contributed by atoms with Gasteiger partial charge in [0, 0.05) is 52.7 Å². The Kier molecular flexibility index (Phi) is 6.83. The molecule has 1 atom stereocenters. The van der Waals surface area contributed by atoms with Crippen LogP contribution < -0.4 is 10.6 Å². The highest BCUT2D eigenvalue weighted by Crippen LogP contribution is 2.38. The van der Waals surface area contributed by atoms with Gasteiger partial charge in [0.15, 0.2) is 11.6 Å². The zero-order chi connectivity index (χ0) is 25.3. The number of thioether (sulfide) groups is 1. The summed E-state index contributed by atoms with van der Waals surface area (Å²) in [6.07, 6.45) is 5.65. The zero-order valence-corrected chi connectivity index (χ0v) is 22.1. The SMILES string of the molecule is CN1Cc2cc(Nc3ncc(C#N)c(Nc4cccc(N=S(C)(C)=O)n4)n3)cc3c2C(CSCC3)C1. The molecule has 3 aromatic rings. The average molecular weight is 521 g/mol. The standard InChI is InChI=1S/C25H28N8OS2/c1-33-13-17-10-20(9-16-7-8-35-15-19(14-33)23(16)17)28-25-27-12-18(11-26)24(31-25)30-21-5-4-6-22(29-21)32-36(2,3)34/h4-6,9-10,12,19H,7-8,13-15H2,1-3H3,(H2,27,28,29,30,31). The van der Waals surface area contributed by atoms with Gasteiger partial charge in [-0.15, -0.1) is 0 Å². The highest BCUT2D eigenvalue weighted by Gasteiger charge is 2.28. The number of hydrogen-bond acceptors (Lipinski definition) is 10. The molecule has 0 amide bonds. The van der Waals surface area contributed by atoms with Crippen LogP contribution in [0.5, 0.6) is 0 Å². The number of aromatic nitrogens is 3. The van der Waals surface area contributed by atoms with E-state index in [1.165, 1.54) is 28.6 Å². The van der Waals surface area contributed by atoms with E-state index in [0.717, 1.165) is 31.0 Å². The molecule has 11 heteroatoms. The Morgan fingerprint density at radius 1 is 1.22 bits per heavy atom. The molecule has 1 aromatic carbocycles. The van der Waals surface area contributed by atoms with E-state index in [4.69, 9.17) is 0 Å². The zero-order valence-electron chi connectivity index (χ0n) is 20.5. The highest BCUT2D eigenvalue weighted by molar-refractivity contribution is 7.99. The second kappa shape index (κ2) is 10.0. The number of pyridine rings is 1. The first kappa shape index (κ1) is 24.5. The predicted molar refractivity (Wildman–Crippen MR) is 146 cm³/mol. The van der Waals surface area contributed by atoms with Crippen LogP contribution in [0.3, 0.4) is 0 Å². The van der Waals surface area contributed by atoms with Gasteiger partial charge in [0.2, 0.25) is 5.95 Å². The summed E-state index contributed by atoms with van der Waals surface area (Å²) < 4.78 is 16.2. The fourth-order valence-corrected chi connectivity index (χ4v) is 6.36. The summed E-state index contributed by atoms with van der Waals surface area (Å²) in [4.78, 5) is 15.7.